The summed E-state index contributed by atoms with van der Waals surface area (Å²) in [6.07, 6.45) is 0.470. The van der Waals surface area contributed by atoms with Crippen LogP contribution in [0.5, 0.6) is 0 Å². The number of hydrogen-bond acceptors (Lipinski definition) is 4. The van der Waals surface area contributed by atoms with Crippen LogP contribution >= 0.6 is 23.2 Å². The molecule has 3 rings (SSSR count). The molecule has 0 radical (unpaired) electrons. The van der Waals surface area contributed by atoms with Crippen LogP contribution in [0.15, 0.2) is 42.5 Å². The lowest BCUT2D eigenvalue weighted by molar-refractivity contribution is -0.143. The summed E-state index contributed by atoms with van der Waals surface area (Å²) >= 11 is 12.3. The Hall–Kier alpha value is -2.57. The third-order valence-electron chi connectivity index (χ3n) is 4.71. The van der Waals surface area contributed by atoms with E-state index in [1.807, 2.05) is 44.2 Å². The predicted octanol–water partition coefficient (Wildman–Crippen LogP) is 4.71. The molecule has 1 heterocycles. The van der Waals surface area contributed by atoms with E-state index < -0.39 is 17.9 Å². The molecule has 3 aromatic rings. The topological polar surface area (TPSA) is 73.2 Å². The fraction of sp³-hybridized carbons (Fsp3) is 0.318. The Morgan fingerprint density at radius 3 is 2.57 bits per heavy atom. The largest absolute Gasteiger partial charge is 0.467 e. The Kier molecular flexibility index (Phi) is 7.00. The van der Waals surface area contributed by atoms with Crippen LogP contribution in [0.4, 0.5) is 0 Å². The minimum absolute atomic E-state index is 0.204. The standard InChI is InChI=1S/C22H23Cl2N3O3/c1-13(2)10-18(22(29)30-3)25-21(28)20-16-6-4-5-7-19(16)27(26-20)12-14-8-9-15(23)11-17(14)24/h4-9,11,13,18H,10,12H2,1-3H3,(H,25,28)/t18-/m0/s1. The number of carbonyl (C=O) groups excluding carboxylic acids is 2. The van der Waals surface area contributed by atoms with E-state index in [-0.39, 0.29) is 11.6 Å². The molecule has 1 N–H and O–H groups in total. The van der Waals surface area contributed by atoms with Crippen LogP contribution < -0.4 is 5.32 Å². The van der Waals surface area contributed by atoms with Crippen molar-refractivity contribution in [2.24, 2.45) is 5.92 Å². The maximum Gasteiger partial charge on any atom is 0.328 e. The van der Waals surface area contributed by atoms with Crippen molar-refractivity contribution in [3.8, 4) is 0 Å². The smallest absolute Gasteiger partial charge is 0.328 e. The molecule has 0 aliphatic carbocycles. The summed E-state index contributed by atoms with van der Waals surface area (Å²) in [6, 6.07) is 11.9. The highest BCUT2D eigenvalue weighted by Crippen LogP contribution is 2.25. The SMILES string of the molecule is COC(=O)[C@H](CC(C)C)NC(=O)c1nn(Cc2ccc(Cl)cc2Cl)c2ccccc12. The molecule has 0 saturated heterocycles. The number of carbonyl (C=O) groups is 2. The van der Waals surface area contributed by atoms with Gasteiger partial charge >= 0.3 is 5.97 Å². The van der Waals surface area contributed by atoms with E-state index >= 15 is 0 Å². The van der Waals surface area contributed by atoms with Crippen LogP contribution in [-0.2, 0) is 16.1 Å². The number of nitrogens with zero attached hydrogens (tertiary/aromatic N) is 2. The zero-order valence-electron chi connectivity index (χ0n) is 17.0. The first kappa shape index (κ1) is 22.1. The van der Waals surface area contributed by atoms with Gasteiger partial charge in [0.25, 0.3) is 5.91 Å². The highest BCUT2D eigenvalue weighted by molar-refractivity contribution is 6.35. The summed E-state index contributed by atoms with van der Waals surface area (Å²) in [7, 11) is 1.31. The van der Waals surface area contributed by atoms with Gasteiger partial charge in [0.2, 0.25) is 0 Å². The van der Waals surface area contributed by atoms with Gasteiger partial charge in [0.1, 0.15) is 6.04 Å². The Balaban J connectivity index is 1.94. The molecular weight excluding hydrogens is 425 g/mol. The zero-order chi connectivity index (χ0) is 21.8. The van der Waals surface area contributed by atoms with Crippen molar-refractivity contribution in [1.82, 2.24) is 15.1 Å². The second kappa shape index (κ2) is 9.49. The number of esters is 1. The van der Waals surface area contributed by atoms with Crippen molar-refractivity contribution in [1.29, 1.82) is 0 Å². The Morgan fingerprint density at radius 1 is 1.17 bits per heavy atom. The summed E-state index contributed by atoms with van der Waals surface area (Å²) in [5.74, 6) is -0.701. The minimum atomic E-state index is -0.739. The average molecular weight is 448 g/mol. The maximum absolute atomic E-state index is 13.0. The molecular formula is C22H23Cl2N3O3. The fourth-order valence-electron chi connectivity index (χ4n) is 3.28. The van der Waals surface area contributed by atoms with Gasteiger partial charge in [-0.2, -0.15) is 5.10 Å². The van der Waals surface area contributed by atoms with Gasteiger partial charge in [-0.15, -0.1) is 0 Å². The molecule has 0 saturated carbocycles. The number of halogens is 2. The number of benzene rings is 2. The molecule has 8 heteroatoms. The predicted molar refractivity (Wildman–Crippen MR) is 118 cm³/mol. The quantitative estimate of drug-likeness (QED) is 0.532. The fourth-order valence-corrected chi connectivity index (χ4v) is 3.75. The van der Waals surface area contributed by atoms with E-state index in [1.54, 1.807) is 16.8 Å². The molecule has 0 bridgehead atoms. The molecule has 0 aliphatic heterocycles. The molecule has 1 aromatic heterocycles. The normalized spacial score (nSPS) is 12.2. The molecule has 30 heavy (non-hydrogen) atoms. The molecule has 1 atom stereocenters. The third-order valence-corrected chi connectivity index (χ3v) is 5.29. The first-order valence-corrected chi connectivity index (χ1v) is 10.3. The zero-order valence-corrected chi connectivity index (χ0v) is 18.5. The monoisotopic (exact) mass is 447 g/mol. The van der Waals surface area contributed by atoms with E-state index in [4.69, 9.17) is 27.9 Å². The van der Waals surface area contributed by atoms with Crippen molar-refractivity contribution in [2.75, 3.05) is 7.11 Å². The van der Waals surface area contributed by atoms with Gasteiger partial charge < -0.3 is 10.1 Å². The summed E-state index contributed by atoms with van der Waals surface area (Å²) < 4.78 is 6.56. The Bertz CT molecular complexity index is 1080. The van der Waals surface area contributed by atoms with E-state index in [1.165, 1.54) is 7.11 Å². The second-order valence-corrected chi connectivity index (χ2v) is 8.28. The van der Waals surface area contributed by atoms with Gasteiger partial charge in [-0.3, -0.25) is 9.48 Å². The van der Waals surface area contributed by atoms with Crippen LogP contribution in [0.3, 0.4) is 0 Å². The van der Waals surface area contributed by atoms with Gasteiger partial charge in [-0.25, -0.2) is 4.79 Å². The first-order valence-electron chi connectivity index (χ1n) is 9.58. The van der Waals surface area contributed by atoms with Gasteiger partial charge in [0.15, 0.2) is 5.69 Å². The lowest BCUT2D eigenvalue weighted by atomic mass is 10.0. The molecule has 0 unspecified atom stereocenters. The van der Waals surface area contributed by atoms with Crippen molar-refractivity contribution in [2.45, 2.75) is 32.9 Å². The summed E-state index contributed by atoms with van der Waals surface area (Å²) in [5, 5.41) is 9.06. The van der Waals surface area contributed by atoms with Crippen LogP contribution in [0.1, 0.15) is 36.3 Å². The lowest BCUT2D eigenvalue weighted by Crippen LogP contribution is -2.42. The summed E-state index contributed by atoms with van der Waals surface area (Å²) in [6.45, 7) is 4.32. The van der Waals surface area contributed by atoms with Crippen molar-refractivity contribution >= 4 is 46.0 Å². The maximum atomic E-state index is 13.0. The number of ether oxygens (including phenoxy) is 1. The van der Waals surface area contributed by atoms with E-state index in [0.29, 0.717) is 28.4 Å². The minimum Gasteiger partial charge on any atom is -0.467 e. The molecule has 0 spiro atoms. The van der Waals surface area contributed by atoms with Crippen molar-refractivity contribution in [3.63, 3.8) is 0 Å². The van der Waals surface area contributed by atoms with Gasteiger partial charge in [-0.1, -0.05) is 61.3 Å². The number of amides is 1. The van der Waals surface area contributed by atoms with E-state index in [2.05, 4.69) is 10.4 Å². The summed E-state index contributed by atoms with van der Waals surface area (Å²) in [4.78, 5) is 25.1. The Labute approximate surface area is 185 Å². The number of methoxy groups -OCH3 is 1. The molecule has 0 fully saturated rings. The van der Waals surface area contributed by atoms with Gasteiger partial charge in [0, 0.05) is 15.4 Å². The highest BCUT2D eigenvalue weighted by atomic mass is 35.5. The number of para-hydroxylation sites is 1. The van der Waals surface area contributed by atoms with Crippen molar-refractivity contribution < 1.29 is 14.3 Å². The molecule has 158 valence electrons. The van der Waals surface area contributed by atoms with Crippen LogP contribution in [0.25, 0.3) is 10.9 Å². The first-order chi connectivity index (χ1) is 14.3. The van der Waals surface area contributed by atoms with Crippen LogP contribution in [-0.4, -0.2) is 34.8 Å². The number of hydrogen-bond donors (Lipinski definition) is 1. The van der Waals surface area contributed by atoms with Gasteiger partial charge in [-0.05, 0) is 36.1 Å². The Morgan fingerprint density at radius 2 is 1.90 bits per heavy atom. The molecule has 0 aliphatic rings. The second-order valence-electron chi connectivity index (χ2n) is 7.44. The van der Waals surface area contributed by atoms with Crippen LogP contribution in [0, 0.1) is 5.92 Å². The van der Waals surface area contributed by atoms with Crippen LogP contribution in [0.2, 0.25) is 10.0 Å². The summed E-state index contributed by atoms with van der Waals surface area (Å²) in [5.41, 5.74) is 1.86. The molecule has 2 aromatic carbocycles. The van der Waals surface area contributed by atoms with E-state index in [9.17, 15) is 9.59 Å². The average Bonchev–Trinajstić information content (AvgIpc) is 3.07. The third kappa shape index (κ3) is 4.94. The number of fused-ring (bicyclic) bond motifs is 1. The number of aromatic nitrogens is 2. The van der Waals surface area contributed by atoms with Crippen molar-refractivity contribution in [3.05, 3.63) is 63.8 Å². The lowest BCUT2D eigenvalue weighted by Gasteiger charge is -2.17. The molecule has 6 nitrogen and oxygen atoms in total. The highest BCUT2D eigenvalue weighted by Gasteiger charge is 2.26. The van der Waals surface area contributed by atoms with Gasteiger partial charge in [0.05, 0.1) is 19.2 Å². The number of rotatable bonds is 7. The number of nitrogens with one attached hydrogen (secondary N) is 1. The van der Waals surface area contributed by atoms with E-state index in [0.717, 1.165) is 11.1 Å². The molecule has 1 amide bonds.